The number of nitrogens with zero attached hydrogens (tertiary/aromatic N) is 3. The molecule has 0 amide bonds. The average Bonchev–Trinajstić information content (AvgIpc) is 3.08. The maximum absolute atomic E-state index is 9.25. The van der Waals surface area contributed by atoms with Crippen molar-refractivity contribution in [2.45, 2.75) is 38.3 Å². The predicted molar refractivity (Wildman–Crippen MR) is 66.1 cm³/mol. The van der Waals surface area contributed by atoms with Crippen LogP contribution in [0.2, 0.25) is 0 Å². The Hall–Kier alpha value is -1.67. The Labute approximate surface area is 105 Å². The second-order valence-corrected chi connectivity index (χ2v) is 4.64. The first-order valence-electron chi connectivity index (χ1n) is 5.85. The molecule has 1 saturated carbocycles. The molecule has 18 heavy (non-hydrogen) atoms. The van der Waals surface area contributed by atoms with E-state index in [1.165, 1.54) is 0 Å². The standard InChI is InChI=1S/C10H18N6O2/c1-6(2)18-9-13-7(12-8(14-9)16-11)15-10(5-17)3-4-10/h6,17H,3-5,11H2,1-2H3,(H2,12,13,14,15,16). The molecular weight excluding hydrogens is 236 g/mol. The molecule has 0 aliphatic heterocycles. The maximum atomic E-state index is 9.25. The minimum absolute atomic E-state index is 0.0430. The summed E-state index contributed by atoms with van der Waals surface area (Å²) >= 11 is 0. The van der Waals surface area contributed by atoms with Crippen molar-refractivity contribution in [3.63, 3.8) is 0 Å². The molecule has 0 aromatic carbocycles. The summed E-state index contributed by atoms with van der Waals surface area (Å²) in [5, 5.41) is 12.3. The SMILES string of the molecule is CC(C)Oc1nc(NN)nc(NC2(CO)CC2)n1. The van der Waals surface area contributed by atoms with Crippen LogP contribution in [0.5, 0.6) is 6.01 Å². The first kappa shape index (κ1) is 12.8. The van der Waals surface area contributed by atoms with Crippen LogP contribution in [0, 0.1) is 0 Å². The van der Waals surface area contributed by atoms with Crippen LogP contribution in [0.15, 0.2) is 0 Å². The molecular formula is C10H18N6O2. The first-order chi connectivity index (χ1) is 8.57. The Morgan fingerprint density at radius 2 is 2.00 bits per heavy atom. The number of nitrogens with two attached hydrogens (primary N) is 1. The number of nitrogens with one attached hydrogen (secondary N) is 2. The molecule has 1 aromatic heterocycles. The summed E-state index contributed by atoms with van der Waals surface area (Å²) in [6.45, 7) is 3.80. The second kappa shape index (κ2) is 4.91. The zero-order chi connectivity index (χ0) is 13.2. The van der Waals surface area contributed by atoms with Crippen LogP contribution in [-0.2, 0) is 0 Å². The lowest BCUT2D eigenvalue weighted by atomic mass is 10.3. The smallest absolute Gasteiger partial charge is 0.323 e. The summed E-state index contributed by atoms with van der Waals surface area (Å²) in [6, 6.07) is 0.198. The van der Waals surface area contributed by atoms with Crippen LogP contribution in [0.4, 0.5) is 11.9 Å². The molecule has 1 aromatic rings. The van der Waals surface area contributed by atoms with Gasteiger partial charge in [0, 0.05) is 0 Å². The highest BCUT2D eigenvalue weighted by Gasteiger charge is 2.42. The van der Waals surface area contributed by atoms with Crippen LogP contribution in [-0.4, -0.2) is 38.3 Å². The van der Waals surface area contributed by atoms with E-state index >= 15 is 0 Å². The number of nitrogen functional groups attached to an aromatic ring is 1. The Kier molecular flexibility index (Phi) is 3.48. The molecule has 0 unspecified atom stereocenters. The molecule has 1 aliphatic carbocycles. The van der Waals surface area contributed by atoms with Crippen LogP contribution < -0.4 is 21.3 Å². The lowest BCUT2D eigenvalue weighted by Crippen LogP contribution is -2.27. The Balaban J connectivity index is 2.18. The first-order valence-corrected chi connectivity index (χ1v) is 5.85. The number of ether oxygens (including phenoxy) is 1. The van der Waals surface area contributed by atoms with E-state index in [0.29, 0.717) is 5.95 Å². The Morgan fingerprint density at radius 3 is 2.50 bits per heavy atom. The van der Waals surface area contributed by atoms with E-state index < -0.39 is 0 Å². The van der Waals surface area contributed by atoms with Gasteiger partial charge in [0.1, 0.15) is 0 Å². The number of aliphatic hydroxyl groups is 1. The number of anilines is 2. The number of hydrogen-bond acceptors (Lipinski definition) is 8. The normalized spacial score (nSPS) is 16.5. The number of aliphatic hydroxyl groups excluding tert-OH is 1. The second-order valence-electron chi connectivity index (χ2n) is 4.64. The summed E-state index contributed by atoms with van der Waals surface area (Å²) in [5.74, 6) is 5.86. The third-order valence-electron chi connectivity index (χ3n) is 2.62. The van der Waals surface area contributed by atoms with Crippen molar-refractivity contribution in [3.8, 4) is 6.01 Å². The predicted octanol–water partition coefficient (Wildman–Crippen LogP) is -0.119. The molecule has 0 bridgehead atoms. The monoisotopic (exact) mass is 254 g/mol. The quantitative estimate of drug-likeness (QED) is 0.410. The van der Waals surface area contributed by atoms with Crippen molar-refractivity contribution < 1.29 is 9.84 Å². The van der Waals surface area contributed by atoms with E-state index in [0.717, 1.165) is 12.8 Å². The van der Waals surface area contributed by atoms with Crippen LogP contribution in [0.1, 0.15) is 26.7 Å². The number of hydrogen-bond donors (Lipinski definition) is 4. The van der Waals surface area contributed by atoms with Crippen molar-refractivity contribution in [1.82, 2.24) is 15.0 Å². The number of aromatic nitrogens is 3. The topological polar surface area (TPSA) is 118 Å². The van der Waals surface area contributed by atoms with Gasteiger partial charge in [-0.05, 0) is 26.7 Å². The molecule has 8 nitrogen and oxygen atoms in total. The van der Waals surface area contributed by atoms with Gasteiger partial charge in [-0.15, -0.1) is 0 Å². The highest BCUT2D eigenvalue weighted by Crippen LogP contribution is 2.37. The summed E-state index contributed by atoms with van der Waals surface area (Å²) in [4.78, 5) is 12.2. The van der Waals surface area contributed by atoms with E-state index in [4.69, 9.17) is 10.6 Å². The van der Waals surface area contributed by atoms with Gasteiger partial charge in [-0.2, -0.15) is 15.0 Å². The third-order valence-corrected chi connectivity index (χ3v) is 2.62. The van der Waals surface area contributed by atoms with E-state index in [9.17, 15) is 5.11 Å². The molecule has 1 heterocycles. The molecule has 0 saturated heterocycles. The third kappa shape index (κ3) is 2.96. The fourth-order valence-electron chi connectivity index (χ4n) is 1.45. The van der Waals surface area contributed by atoms with Crippen LogP contribution in [0.25, 0.3) is 0 Å². The van der Waals surface area contributed by atoms with Crippen molar-refractivity contribution in [2.75, 3.05) is 17.3 Å². The van der Waals surface area contributed by atoms with Gasteiger partial charge in [0.2, 0.25) is 11.9 Å². The number of hydrazine groups is 1. The van der Waals surface area contributed by atoms with Gasteiger partial charge in [-0.25, -0.2) is 5.84 Å². The van der Waals surface area contributed by atoms with Gasteiger partial charge in [0.05, 0.1) is 18.2 Å². The van der Waals surface area contributed by atoms with E-state index in [2.05, 4.69) is 25.7 Å². The molecule has 5 N–H and O–H groups in total. The fraction of sp³-hybridized carbons (Fsp3) is 0.700. The lowest BCUT2D eigenvalue weighted by Gasteiger charge is -2.15. The Morgan fingerprint density at radius 1 is 1.33 bits per heavy atom. The van der Waals surface area contributed by atoms with Gasteiger partial charge >= 0.3 is 6.01 Å². The van der Waals surface area contributed by atoms with Gasteiger partial charge < -0.3 is 15.2 Å². The molecule has 1 aliphatic rings. The molecule has 1 fully saturated rings. The molecule has 0 atom stereocenters. The Bertz CT molecular complexity index is 421. The zero-order valence-corrected chi connectivity index (χ0v) is 10.5. The summed E-state index contributed by atoms with van der Waals surface area (Å²) < 4.78 is 5.41. The van der Waals surface area contributed by atoms with Crippen molar-refractivity contribution >= 4 is 11.9 Å². The van der Waals surface area contributed by atoms with Crippen molar-refractivity contribution in [3.05, 3.63) is 0 Å². The minimum Gasteiger partial charge on any atom is -0.461 e. The highest BCUT2D eigenvalue weighted by molar-refractivity contribution is 5.39. The van der Waals surface area contributed by atoms with Gasteiger partial charge in [0.25, 0.3) is 0 Å². The van der Waals surface area contributed by atoms with Crippen molar-refractivity contribution in [2.24, 2.45) is 5.84 Å². The van der Waals surface area contributed by atoms with Gasteiger partial charge in [0.15, 0.2) is 0 Å². The van der Waals surface area contributed by atoms with E-state index in [1.54, 1.807) is 0 Å². The molecule has 0 spiro atoms. The van der Waals surface area contributed by atoms with Crippen molar-refractivity contribution in [1.29, 1.82) is 0 Å². The van der Waals surface area contributed by atoms with Crippen LogP contribution in [0.3, 0.4) is 0 Å². The highest BCUT2D eigenvalue weighted by atomic mass is 16.5. The van der Waals surface area contributed by atoms with E-state index in [-0.39, 0.29) is 30.2 Å². The molecule has 8 heteroatoms. The summed E-state index contributed by atoms with van der Waals surface area (Å²) in [6.07, 6.45) is 1.74. The molecule has 100 valence electrons. The fourth-order valence-corrected chi connectivity index (χ4v) is 1.45. The average molecular weight is 254 g/mol. The largest absolute Gasteiger partial charge is 0.461 e. The van der Waals surface area contributed by atoms with Gasteiger partial charge in [-0.3, -0.25) is 5.43 Å². The molecule has 2 rings (SSSR count). The minimum atomic E-state index is -0.303. The van der Waals surface area contributed by atoms with E-state index in [1.807, 2.05) is 13.8 Å². The number of rotatable bonds is 6. The van der Waals surface area contributed by atoms with Crippen LogP contribution >= 0.6 is 0 Å². The molecule has 0 radical (unpaired) electrons. The summed E-state index contributed by atoms with van der Waals surface area (Å²) in [5.41, 5.74) is 2.06. The summed E-state index contributed by atoms with van der Waals surface area (Å²) in [7, 11) is 0. The maximum Gasteiger partial charge on any atom is 0.323 e. The lowest BCUT2D eigenvalue weighted by molar-refractivity contribution is 0.222. The zero-order valence-electron chi connectivity index (χ0n) is 10.5. The van der Waals surface area contributed by atoms with Gasteiger partial charge in [-0.1, -0.05) is 0 Å².